The second-order valence-electron chi connectivity index (χ2n) is 4.02. The first kappa shape index (κ1) is 11.9. The van der Waals surface area contributed by atoms with Crippen molar-refractivity contribution in [2.45, 2.75) is 12.0 Å². The van der Waals surface area contributed by atoms with Gasteiger partial charge in [0.2, 0.25) is 0 Å². The standard InChI is InChI=1S/C11H14F2NOP/c1-15-11(5-6-14(16)7-11)8-3-2-4-9(12)10(8)13/h2-4H,5-7,16H2,1H3. The maximum absolute atomic E-state index is 13.7. The highest BCUT2D eigenvalue weighted by molar-refractivity contribution is 7.13. The van der Waals surface area contributed by atoms with Gasteiger partial charge in [-0.15, -0.1) is 0 Å². The molecular weight excluding hydrogens is 231 g/mol. The number of halogens is 2. The molecule has 0 aliphatic carbocycles. The molecule has 1 aromatic rings. The molecule has 1 aliphatic heterocycles. The predicted octanol–water partition coefficient (Wildman–Crippen LogP) is 2.30. The summed E-state index contributed by atoms with van der Waals surface area (Å²) in [5.41, 5.74) is -0.423. The molecule has 0 bridgehead atoms. The summed E-state index contributed by atoms with van der Waals surface area (Å²) in [4.78, 5) is 0. The van der Waals surface area contributed by atoms with Crippen LogP contribution in [0.2, 0.25) is 0 Å². The topological polar surface area (TPSA) is 12.5 Å². The first-order valence-corrected chi connectivity index (χ1v) is 5.60. The van der Waals surface area contributed by atoms with Crippen LogP contribution in [0.4, 0.5) is 8.78 Å². The van der Waals surface area contributed by atoms with Crippen molar-refractivity contribution in [1.82, 2.24) is 4.67 Å². The maximum Gasteiger partial charge on any atom is 0.164 e. The SMILES string of the molecule is COC1(c2cccc(F)c2F)CCN(P)C1. The Hall–Kier alpha value is -0.570. The van der Waals surface area contributed by atoms with E-state index in [1.807, 2.05) is 4.67 Å². The smallest absolute Gasteiger partial charge is 0.164 e. The van der Waals surface area contributed by atoms with Crippen LogP contribution in [0.1, 0.15) is 12.0 Å². The molecule has 0 saturated carbocycles. The molecule has 1 heterocycles. The summed E-state index contributed by atoms with van der Waals surface area (Å²) in [7, 11) is 4.10. The number of methoxy groups -OCH3 is 1. The number of rotatable bonds is 2. The fourth-order valence-corrected chi connectivity index (χ4v) is 2.59. The van der Waals surface area contributed by atoms with Gasteiger partial charge in [-0.05, 0) is 12.5 Å². The number of nitrogens with zero attached hydrogens (tertiary/aromatic N) is 1. The van der Waals surface area contributed by atoms with E-state index in [2.05, 4.69) is 9.39 Å². The molecule has 1 saturated heterocycles. The van der Waals surface area contributed by atoms with Gasteiger partial charge in [0.05, 0.1) is 0 Å². The van der Waals surface area contributed by atoms with Gasteiger partial charge < -0.3 is 4.74 Å². The fourth-order valence-electron chi connectivity index (χ4n) is 2.16. The minimum absolute atomic E-state index is 0.306. The van der Waals surface area contributed by atoms with Crippen molar-refractivity contribution in [3.8, 4) is 0 Å². The van der Waals surface area contributed by atoms with Gasteiger partial charge in [0.15, 0.2) is 11.6 Å². The average molecular weight is 245 g/mol. The van der Waals surface area contributed by atoms with E-state index in [4.69, 9.17) is 4.74 Å². The van der Waals surface area contributed by atoms with Gasteiger partial charge >= 0.3 is 0 Å². The zero-order valence-electron chi connectivity index (χ0n) is 9.04. The Morgan fingerprint density at radius 3 is 2.75 bits per heavy atom. The van der Waals surface area contributed by atoms with Crippen LogP contribution in [0.5, 0.6) is 0 Å². The van der Waals surface area contributed by atoms with Crippen molar-refractivity contribution in [3.63, 3.8) is 0 Å². The molecule has 2 rings (SSSR count). The second kappa shape index (κ2) is 4.36. The third-order valence-electron chi connectivity index (χ3n) is 3.09. The highest BCUT2D eigenvalue weighted by atomic mass is 31.0. The average Bonchev–Trinajstić information content (AvgIpc) is 2.65. The molecule has 0 spiro atoms. The molecular formula is C11H14F2NOP. The van der Waals surface area contributed by atoms with Gasteiger partial charge in [-0.3, -0.25) is 4.67 Å². The van der Waals surface area contributed by atoms with Crippen LogP contribution in [0.25, 0.3) is 0 Å². The van der Waals surface area contributed by atoms with Crippen LogP contribution in [0.15, 0.2) is 18.2 Å². The summed E-state index contributed by atoms with van der Waals surface area (Å²) < 4.78 is 34.3. The second-order valence-corrected chi connectivity index (χ2v) is 4.75. The molecule has 2 atom stereocenters. The molecule has 2 nitrogen and oxygen atoms in total. The highest BCUT2D eigenvalue weighted by Crippen LogP contribution is 2.38. The molecule has 0 aromatic heterocycles. The molecule has 16 heavy (non-hydrogen) atoms. The Morgan fingerprint density at radius 1 is 1.44 bits per heavy atom. The van der Waals surface area contributed by atoms with Crippen molar-refractivity contribution < 1.29 is 13.5 Å². The van der Waals surface area contributed by atoms with Crippen LogP contribution in [0.3, 0.4) is 0 Å². The Morgan fingerprint density at radius 2 is 2.19 bits per heavy atom. The van der Waals surface area contributed by atoms with Crippen molar-refractivity contribution in [3.05, 3.63) is 35.4 Å². The van der Waals surface area contributed by atoms with Crippen LogP contribution in [-0.2, 0) is 10.3 Å². The van der Waals surface area contributed by atoms with E-state index in [1.165, 1.54) is 13.2 Å². The lowest BCUT2D eigenvalue weighted by molar-refractivity contribution is -0.00393. The van der Waals surface area contributed by atoms with E-state index in [0.29, 0.717) is 18.5 Å². The van der Waals surface area contributed by atoms with Crippen LogP contribution in [0, 0.1) is 11.6 Å². The molecule has 0 radical (unpaired) electrons. The number of ether oxygens (including phenoxy) is 1. The Labute approximate surface area is 95.8 Å². The molecule has 1 aromatic carbocycles. The summed E-state index contributed by atoms with van der Waals surface area (Å²) >= 11 is 0. The maximum atomic E-state index is 13.7. The van der Waals surface area contributed by atoms with Crippen molar-refractivity contribution in [1.29, 1.82) is 0 Å². The van der Waals surface area contributed by atoms with Crippen molar-refractivity contribution in [2.75, 3.05) is 20.2 Å². The molecule has 88 valence electrons. The molecule has 1 fully saturated rings. The summed E-state index contributed by atoms with van der Waals surface area (Å²) in [5, 5.41) is 0. The predicted molar refractivity (Wildman–Crippen MR) is 60.9 cm³/mol. The monoisotopic (exact) mass is 245 g/mol. The van der Waals surface area contributed by atoms with Gasteiger partial charge in [0.25, 0.3) is 0 Å². The van der Waals surface area contributed by atoms with E-state index in [0.717, 1.165) is 12.6 Å². The van der Waals surface area contributed by atoms with Crippen LogP contribution >= 0.6 is 9.39 Å². The lowest BCUT2D eigenvalue weighted by Crippen LogP contribution is -2.31. The Bertz CT molecular complexity index is 402. The van der Waals surface area contributed by atoms with Crippen LogP contribution in [-0.4, -0.2) is 24.9 Å². The summed E-state index contributed by atoms with van der Waals surface area (Å²) in [6, 6.07) is 4.22. The summed E-state index contributed by atoms with van der Waals surface area (Å²) in [6.45, 7) is 1.34. The summed E-state index contributed by atoms with van der Waals surface area (Å²) in [6.07, 6.45) is 0.660. The van der Waals surface area contributed by atoms with E-state index in [9.17, 15) is 8.78 Å². The van der Waals surface area contributed by atoms with Gasteiger partial charge in [0.1, 0.15) is 5.60 Å². The molecule has 0 amide bonds. The first-order chi connectivity index (χ1) is 7.59. The van der Waals surface area contributed by atoms with E-state index >= 15 is 0 Å². The van der Waals surface area contributed by atoms with Crippen LogP contribution < -0.4 is 0 Å². The van der Waals surface area contributed by atoms with Gasteiger partial charge in [-0.1, -0.05) is 21.5 Å². The highest BCUT2D eigenvalue weighted by Gasteiger charge is 2.41. The normalized spacial score (nSPS) is 26.2. The van der Waals surface area contributed by atoms with Crippen molar-refractivity contribution in [2.24, 2.45) is 0 Å². The quantitative estimate of drug-likeness (QED) is 0.741. The molecule has 1 aliphatic rings. The third-order valence-corrected chi connectivity index (χ3v) is 3.54. The van der Waals surface area contributed by atoms with Gasteiger partial charge in [0, 0.05) is 25.8 Å². The first-order valence-electron chi connectivity index (χ1n) is 5.08. The number of benzene rings is 1. The number of hydrogen-bond acceptors (Lipinski definition) is 2. The minimum Gasteiger partial charge on any atom is -0.372 e. The number of hydrogen-bond donors (Lipinski definition) is 0. The zero-order chi connectivity index (χ0) is 11.8. The molecule has 5 heteroatoms. The summed E-state index contributed by atoms with van der Waals surface area (Å²) in [5.74, 6) is -1.62. The largest absolute Gasteiger partial charge is 0.372 e. The van der Waals surface area contributed by atoms with E-state index in [-0.39, 0.29) is 0 Å². The van der Waals surface area contributed by atoms with E-state index in [1.54, 1.807) is 6.07 Å². The fraction of sp³-hybridized carbons (Fsp3) is 0.455. The van der Waals surface area contributed by atoms with Crippen molar-refractivity contribution >= 4 is 9.39 Å². The van der Waals surface area contributed by atoms with Gasteiger partial charge in [-0.25, -0.2) is 8.78 Å². The van der Waals surface area contributed by atoms with E-state index < -0.39 is 17.2 Å². The van der Waals surface area contributed by atoms with Gasteiger partial charge in [-0.2, -0.15) is 0 Å². The lowest BCUT2D eigenvalue weighted by Gasteiger charge is -2.28. The third kappa shape index (κ3) is 1.86. The zero-order valence-corrected chi connectivity index (χ0v) is 10.2. The Balaban J connectivity index is 2.45. The lowest BCUT2D eigenvalue weighted by atomic mass is 9.92. The molecule has 0 N–H and O–H groups in total. The minimum atomic E-state index is -0.823. The molecule has 2 unspecified atom stereocenters. The Kier molecular flexibility index (Phi) is 3.24.